The van der Waals surface area contributed by atoms with E-state index in [4.69, 9.17) is 9.52 Å². The molecule has 1 heterocycles. The van der Waals surface area contributed by atoms with Gasteiger partial charge in [0.1, 0.15) is 11.5 Å². The lowest BCUT2D eigenvalue weighted by Gasteiger charge is -2.14. The standard InChI is InChI=1S/C16H16N2O4/c1-10(18-14(19)16(7-8-16)15(20)21)13-17-9-12(22-13)11-5-3-2-4-6-11/h2-6,9-10H,7-8H2,1H3,(H,18,19)(H,20,21). The van der Waals surface area contributed by atoms with E-state index < -0.39 is 23.3 Å². The highest BCUT2D eigenvalue weighted by Gasteiger charge is 2.57. The number of hydrogen-bond acceptors (Lipinski definition) is 4. The zero-order valence-corrected chi connectivity index (χ0v) is 12.1. The molecule has 3 rings (SSSR count). The minimum Gasteiger partial charge on any atom is -0.480 e. The fraction of sp³-hybridized carbons (Fsp3) is 0.312. The third-order valence-electron chi connectivity index (χ3n) is 3.89. The number of benzene rings is 1. The fourth-order valence-corrected chi connectivity index (χ4v) is 2.28. The largest absolute Gasteiger partial charge is 0.480 e. The zero-order chi connectivity index (χ0) is 15.7. The fourth-order valence-electron chi connectivity index (χ4n) is 2.28. The summed E-state index contributed by atoms with van der Waals surface area (Å²) in [5, 5.41) is 11.8. The molecule has 114 valence electrons. The Morgan fingerprint density at radius 2 is 2.00 bits per heavy atom. The van der Waals surface area contributed by atoms with Gasteiger partial charge in [0.15, 0.2) is 5.76 Å². The first-order valence-electron chi connectivity index (χ1n) is 7.08. The number of aliphatic carboxylic acids is 1. The lowest BCUT2D eigenvalue weighted by Crippen LogP contribution is -2.38. The summed E-state index contributed by atoms with van der Waals surface area (Å²) in [5.41, 5.74) is -0.368. The molecule has 1 saturated carbocycles. The minimum atomic E-state index is -1.26. The summed E-state index contributed by atoms with van der Waals surface area (Å²) in [6, 6.07) is 9.01. The molecular formula is C16H16N2O4. The molecule has 1 unspecified atom stereocenters. The van der Waals surface area contributed by atoms with Gasteiger partial charge >= 0.3 is 5.97 Å². The average molecular weight is 300 g/mol. The Morgan fingerprint density at radius 1 is 1.32 bits per heavy atom. The second kappa shape index (κ2) is 5.29. The molecule has 2 aromatic rings. The summed E-state index contributed by atoms with van der Waals surface area (Å²) in [7, 11) is 0. The van der Waals surface area contributed by atoms with Gasteiger partial charge in [-0.25, -0.2) is 4.98 Å². The first kappa shape index (κ1) is 14.3. The van der Waals surface area contributed by atoms with Crippen LogP contribution in [0, 0.1) is 5.41 Å². The number of carboxylic acid groups (broad SMARTS) is 1. The maximum atomic E-state index is 12.1. The molecule has 1 aromatic heterocycles. The third kappa shape index (κ3) is 2.47. The normalized spacial score (nSPS) is 16.8. The molecule has 6 nitrogen and oxygen atoms in total. The van der Waals surface area contributed by atoms with Crippen LogP contribution in [-0.4, -0.2) is 22.0 Å². The molecule has 1 fully saturated rings. The molecule has 1 aliphatic carbocycles. The lowest BCUT2D eigenvalue weighted by atomic mass is 10.1. The van der Waals surface area contributed by atoms with E-state index in [2.05, 4.69) is 10.3 Å². The second-order valence-corrected chi connectivity index (χ2v) is 5.51. The van der Waals surface area contributed by atoms with Crippen LogP contribution in [-0.2, 0) is 9.59 Å². The summed E-state index contributed by atoms with van der Waals surface area (Å²) in [5.74, 6) is -0.592. The van der Waals surface area contributed by atoms with Crippen molar-refractivity contribution in [2.75, 3.05) is 0 Å². The van der Waals surface area contributed by atoms with Crippen molar-refractivity contribution < 1.29 is 19.1 Å². The second-order valence-electron chi connectivity index (χ2n) is 5.51. The number of carbonyl (C=O) groups excluding carboxylic acids is 1. The highest BCUT2D eigenvalue weighted by molar-refractivity contribution is 6.04. The van der Waals surface area contributed by atoms with Crippen LogP contribution >= 0.6 is 0 Å². The van der Waals surface area contributed by atoms with Gasteiger partial charge in [0.25, 0.3) is 0 Å². The van der Waals surface area contributed by atoms with E-state index in [0.29, 0.717) is 24.5 Å². The van der Waals surface area contributed by atoms with E-state index in [1.54, 1.807) is 13.1 Å². The van der Waals surface area contributed by atoms with Crippen molar-refractivity contribution in [3.05, 3.63) is 42.4 Å². The van der Waals surface area contributed by atoms with E-state index in [1.165, 1.54) is 0 Å². The number of nitrogens with zero attached hydrogens (tertiary/aromatic N) is 1. The van der Waals surface area contributed by atoms with Crippen LogP contribution in [0.1, 0.15) is 31.7 Å². The van der Waals surface area contributed by atoms with Crippen LogP contribution in [0.4, 0.5) is 0 Å². The molecule has 6 heteroatoms. The first-order chi connectivity index (χ1) is 10.5. The van der Waals surface area contributed by atoms with Crippen molar-refractivity contribution in [2.24, 2.45) is 5.41 Å². The monoisotopic (exact) mass is 300 g/mol. The number of nitrogens with one attached hydrogen (secondary N) is 1. The predicted molar refractivity (Wildman–Crippen MR) is 77.8 cm³/mol. The van der Waals surface area contributed by atoms with Crippen LogP contribution < -0.4 is 5.32 Å². The first-order valence-corrected chi connectivity index (χ1v) is 7.08. The molecule has 2 N–H and O–H groups in total. The summed E-state index contributed by atoms with van der Waals surface area (Å²) in [4.78, 5) is 27.4. The van der Waals surface area contributed by atoms with Crippen LogP contribution in [0.2, 0.25) is 0 Å². The number of carboxylic acids is 1. The predicted octanol–water partition coefficient (Wildman–Crippen LogP) is 2.38. The average Bonchev–Trinajstić information content (AvgIpc) is 3.19. The molecule has 0 bridgehead atoms. The van der Waals surface area contributed by atoms with Crippen molar-refractivity contribution in [2.45, 2.75) is 25.8 Å². The maximum absolute atomic E-state index is 12.1. The topological polar surface area (TPSA) is 92.4 Å². The summed E-state index contributed by atoms with van der Waals surface area (Å²) in [6.07, 6.45) is 2.35. The lowest BCUT2D eigenvalue weighted by molar-refractivity contribution is -0.149. The van der Waals surface area contributed by atoms with Gasteiger partial charge in [-0.1, -0.05) is 30.3 Å². The molecule has 1 aromatic carbocycles. The Morgan fingerprint density at radius 3 is 2.59 bits per heavy atom. The SMILES string of the molecule is CC(NC(=O)C1(C(=O)O)CC1)c1ncc(-c2ccccc2)o1. The van der Waals surface area contributed by atoms with Crippen molar-refractivity contribution in [1.82, 2.24) is 10.3 Å². The van der Waals surface area contributed by atoms with Gasteiger partial charge in [0, 0.05) is 5.56 Å². The van der Waals surface area contributed by atoms with Gasteiger partial charge in [0.2, 0.25) is 11.8 Å². The Balaban J connectivity index is 1.71. The maximum Gasteiger partial charge on any atom is 0.319 e. The Hall–Kier alpha value is -2.63. The quantitative estimate of drug-likeness (QED) is 0.827. The van der Waals surface area contributed by atoms with E-state index in [9.17, 15) is 9.59 Å². The Kier molecular flexibility index (Phi) is 3.44. The van der Waals surface area contributed by atoms with E-state index in [0.717, 1.165) is 5.56 Å². The molecule has 0 saturated heterocycles. The smallest absolute Gasteiger partial charge is 0.319 e. The van der Waals surface area contributed by atoms with Crippen LogP contribution in [0.5, 0.6) is 0 Å². The molecule has 1 amide bonds. The summed E-state index contributed by atoms with van der Waals surface area (Å²) < 4.78 is 5.65. The van der Waals surface area contributed by atoms with Crippen molar-refractivity contribution >= 4 is 11.9 Å². The van der Waals surface area contributed by atoms with E-state index >= 15 is 0 Å². The van der Waals surface area contributed by atoms with E-state index in [1.807, 2.05) is 30.3 Å². The summed E-state index contributed by atoms with van der Waals surface area (Å²) >= 11 is 0. The molecule has 1 atom stereocenters. The molecule has 1 aliphatic rings. The van der Waals surface area contributed by atoms with Gasteiger partial charge in [-0.05, 0) is 19.8 Å². The number of amides is 1. The van der Waals surface area contributed by atoms with Crippen molar-refractivity contribution in [3.8, 4) is 11.3 Å². The van der Waals surface area contributed by atoms with E-state index in [-0.39, 0.29) is 0 Å². The number of aromatic nitrogens is 1. The van der Waals surface area contributed by atoms with Gasteiger partial charge in [-0.15, -0.1) is 0 Å². The number of oxazole rings is 1. The van der Waals surface area contributed by atoms with Crippen LogP contribution in [0.15, 0.2) is 40.9 Å². The molecular weight excluding hydrogens is 284 g/mol. The minimum absolute atomic E-state index is 0.355. The highest BCUT2D eigenvalue weighted by atomic mass is 16.4. The van der Waals surface area contributed by atoms with Crippen LogP contribution in [0.3, 0.4) is 0 Å². The van der Waals surface area contributed by atoms with Gasteiger partial charge in [0.05, 0.1) is 6.20 Å². The van der Waals surface area contributed by atoms with Crippen LogP contribution in [0.25, 0.3) is 11.3 Å². The molecule has 22 heavy (non-hydrogen) atoms. The number of hydrogen-bond donors (Lipinski definition) is 2. The Labute approximate surface area is 127 Å². The molecule has 0 radical (unpaired) electrons. The summed E-state index contributed by atoms with van der Waals surface area (Å²) in [6.45, 7) is 1.72. The van der Waals surface area contributed by atoms with Gasteiger partial charge < -0.3 is 14.8 Å². The number of carbonyl (C=O) groups is 2. The highest BCUT2D eigenvalue weighted by Crippen LogP contribution is 2.46. The molecule has 0 aliphatic heterocycles. The van der Waals surface area contributed by atoms with Gasteiger partial charge in [-0.3, -0.25) is 9.59 Å². The third-order valence-corrected chi connectivity index (χ3v) is 3.89. The Bertz CT molecular complexity index is 704. The molecule has 0 spiro atoms. The van der Waals surface area contributed by atoms with Crippen molar-refractivity contribution in [3.63, 3.8) is 0 Å². The van der Waals surface area contributed by atoms with Crippen molar-refractivity contribution in [1.29, 1.82) is 0 Å². The number of rotatable bonds is 5. The van der Waals surface area contributed by atoms with Gasteiger partial charge in [-0.2, -0.15) is 0 Å². The zero-order valence-electron chi connectivity index (χ0n) is 12.1.